The quantitative estimate of drug-likeness (QED) is 0.509. The maximum atomic E-state index is 6.44. The smallest absolute Gasteiger partial charge is 0.153 e. The third-order valence-corrected chi connectivity index (χ3v) is 6.28. The second kappa shape index (κ2) is 8.30. The van der Waals surface area contributed by atoms with Crippen molar-refractivity contribution < 1.29 is 0 Å². The van der Waals surface area contributed by atoms with Gasteiger partial charge in [0.15, 0.2) is 11.5 Å². The number of rotatable bonds is 4. The Kier molecular flexibility index (Phi) is 5.36. The van der Waals surface area contributed by atoms with E-state index in [1.807, 2.05) is 25.1 Å². The van der Waals surface area contributed by atoms with Crippen LogP contribution in [0, 0.1) is 6.92 Å². The molecule has 5 rings (SSSR count). The normalized spacial score (nSPS) is 15.5. The van der Waals surface area contributed by atoms with Crippen LogP contribution in [0.2, 0.25) is 5.02 Å². The van der Waals surface area contributed by atoms with E-state index in [4.69, 9.17) is 11.6 Å². The highest BCUT2D eigenvalue weighted by Crippen LogP contribution is 2.36. The minimum atomic E-state index is 0.741. The molecule has 2 aromatic heterocycles. The van der Waals surface area contributed by atoms with E-state index in [0.717, 1.165) is 70.4 Å². The van der Waals surface area contributed by atoms with E-state index < -0.39 is 0 Å². The van der Waals surface area contributed by atoms with Crippen molar-refractivity contribution in [1.82, 2.24) is 24.4 Å². The molecule has 0 aliphatic carbocycles. The number of nitrogens with zero attached hydrogens (tertiary/aromatic N) is 5. The Balaban J connectivity index is 1.66. The first-order valence-corrected chi connectivity index (χ1v) is 10.9. The number of likely N-dealkylation sites (N-methyl/N-ethyl adjacent to an activating group) is 1. The molecule has 0 atom stereocenters. The highest BCUT2D eigenvalue weighted by atomic mass is 35.5. The second-order valence-corrected chi connectivity index (χ2v) is 8.44. The van der Waals surface area contributed by atoms with Crippen LogP contribution in [0.15, 0.2) is 61.1 Å². The number of halogens is 1. The van der Waals surface area contributed by atoms with Gasteiger partial charge < -0.3 is 14.9 Å². The van der Waals surface area contributed by atoms with E-state index in [1.54, 1.807) is 6.33 Å². The van der Waals surface area contributed by atoms with Gasteiger partial charge in [0, 0.05) is 48.6 Å². The molecule has 7 heteroatoms. The fraction of sp³-hybridized carbons (Fsp3) is 0.250. The van der Waals surface area contributed by atoms with Crippen molar-refractivity contribution >= 4 is 28.5 Å². The van der Waals surface area contributed by atoms with E-state index in [0.29, 0.717) is 0 Å². The Bertz CT molecular complexity index is 1210. The molecular formula is C24H25ClN6. The van der Waals surface area contributed by atoms with Crippen LogP contribution in [0.3, 0.4) is 0 Å². The lowest BCUT2D eigenvalue weighted by Crippen LogP contribution is -2.47. The zero-order valence-corrected chi connectivity index (χ0v) is 18.5. The van der Waals surface area contributed by atoms with Gasteiger partial charge in [-0.25, -0.2) is 15.0 Å². The van der Waals surface area contributed by atoms with Crippen molar-refractivity contribution in [2.75, 3.05) is 38.7 Å². The lowest BCUT2D eigenvalue weighted by Gasteiger charge is -2.32. The first-order valence-electron chi connectivity index (χ1n) is 10.5. The third kappa shape index (κ3) is 3.90. The minimum Gasteiger partial charge on any atom is -0.304 e. The summed E-state index contributed by atoms with van der Waals surface area (Å²) in [5.74, 6) is 0.824. The highest BCUT2D eigenvalue weighted by molar-refractivity contribution is 6.31. The van der Waals surface area contributed by atoms with Gasteiger partial charge in [0.25, 0.3) is 0 Å². The number of nitrogens with one attached hydrogen (secondary N) is 1. The number of aryl methyl sites for hydroxylation is 1. The van der Waals surface area contributed by atoms with Gasteiger partial charge in [-0.3, -0.25) is 0 Å². The fourth-order valence-electron chi connectivity index (χ4n) is 3.98. The lowest BCUT2D eigenvalue weighted by atomic mass is 10.1. The Morgan fingerprint density at radius 1 is 0.968 bits per heavy atom. The molecule has 0 unspecified atom stereocenters. The van der Waals surface area contributed by atoms with Gasteiger partial charge in [0.2, 0.25) is 0 Å². The summed E-state index contributed by atoms with van der Waals surface area (Å²) < 4.78 is 2.10. The van der Waals surface area contributed by atoms with Crippen molar-refractivity contribution in [2.45, 2.75) is 6.92 Å². The molecule has 31 heavy (non-hydrogen) atoms. The largest absolute Gasteiger partial charge is 0.304 e. The number of piperazine rings is 1. The van der Waals surface area contributed by atoms with Gasteiger partial charge in [-0.2, -0.15) is 0 Å². The Hall–Kier alpha value is -2.93. The van der Waals surface area contributed by atoms with E-state index in [-0.39, 0.29) is 0 Å². The van der Waals surface area contributed by atoms with Crippen molar-refractivity contribution in [3.05, 3.63) is 71.6 Å². The van der Waals surface area contributed by atoms with Crippen LogP contribution < -0.4 is 5.43 Å². The summed E-state index contributed by atoms with van der Waals surface area (Å²) in [5.41, 5.74) is 8.65. The topological polar surface area (TPSA) is 49.2 Å². The SMILES string of the molecule is Cc1ccc(-n2cc(-c3ccccc3)c3c(NN4CCN(C)CC4)ncnc32)cc1Cl. The summed E-state index contributed by atoms with van der Waals surface area (Å²) in [6.45, 7) is 5.94. The predicted octanol–water partition coefficient (Wildman–Crippen LogP) is 4.62. The van der Waals surface area contributed by atoms with E-state index in [2.05, 4.69) is 73.4 Å². The maximum absolute atomic E-state index is 6.44. The molecule has 1 aliphatic rings. The molecule has 1 saturated heterocycles. The summed E-state index contributed by atoms with van der Waals surface area (Å²) >= 11 is 6.44. The van der Waals surface area contributed by atoms with Crippen molar-refractivity contribution in [1.29, 1.82) is 0 Å². The number of hydrazine groups is 1. The van der Waals surface area contributed by atoms with E-state index in [9.17, 15) is 0 Å². The van der Waals surface area contributed by atoms with Crippen molar-refractivity contribution in [3.63, 3.8) is 0 Å². The Morgan fingerprint density at radius 3 is 2.48 bits per heavy atom. The molecule has 0 amide bonds. The van der Waals surface area contributed by atoms with Gasteiger partial charge >= 0.3 is 0 Å². The van der Waals surface area contributed by atoms with Gasteiger partial charge in [0.05, 0.1) is 5.39 Å². The van der Waals surface area contributed by atoms with Crippen LogP contribution in [-0.4, -0.2) is 57.7 Å². The second-order valence-electron chi connectivity index (χ2n) is 8.04. The fourth-order valence-corrected chi connectivity index (χ4v) is 4.15. The molecule has 1 fully saturated rings. The molecule has 0 radical (unpaired) electrons. The number of benzene rings is 2. The van der Waals surface area contributed by atoms with Crippen LogP contribution in [0.4, 0.5) is 5.82 Å². The minimum absolute atomic E-state index is 0.741. The monoisotopic (exact) mass is 432 g/mol. The van der Waals surface area contributed by atoms with Crippen molar-refractivity contribution in [2.24, 2.45) is 0 Å². The number of aromatic nitrogens is 3. The number of hydrogen-bond donors (Lipinski definition) is 1. The Labute approximate surface area is 187 Å². The summed E-state index contributed by atoms with van der Waals surface area (Å²) in [6.07, 6.45) is 3.76. The number of hydrogen-bond acceptors (Lipinski definition) is 5. The summed E-state index contributed by atoms with van der Waals surface area (Å²) in [4.78, 5) is 11.6. The van der Waals surface area contributed by atoms with Crippen LogP contribution in [0.5, 0.6) is 0 Å². The molecule has 0 bridgehead atoms. The van der Waals surface area contributed by atoms with Gasteiger partial charge in [0.1, 0.15) is 6.33 Å². The molecule has 3 heterocycles. The first kappa shape index (κ1) is 20.0. The number of anilines is 1. The number of fused-ring (bicyclic) bond motifs is 1. The van der Waals surface area contributed by atoms with Crippen molar-refractivity contribution in [3.8, 4) is 16.8 Å². The predicted molar refractivity (Wildman–Crippen MR) is 127 cm³/mol. The van der Waals surface area contributed by atoms with Gasteiger partial charge in [-0.15, -0.1) is 0 Å². The molecule has 6 nitrogen and oxygen atoms in total. The molecule has 158 valence electrons. The Morgan fingerprint density at radius 2 is 1.74 bits per heavy atom. The van der Waals surface area contributed by atoms with Crippen LogP contribution in [0.1, 0.15) is 5.56 Å². The average Bonchev–Trinajstić information content (AvgIpc) is 3.19. The average molecular weight is 433 g/mol. The molecule has 0 spiro atoms. The molecule has 2 aromatic carbocycles. The molecular weight excluding hydrogens is 408 g/mol. The third-order valence-electron chi connectivity index (χ3n) is 5.87. The standard InChI is InChI=1S/C24H25ClN6/c1-17-8-9-19(14-21(17)25)31-15-20(18-6-4-3-5-7-18)22-23(26-16-27-24(22)31)28-30-12-10-29(2)11-13-30/h3-9,14-16H,10-13H2,1-2H3,(H,26,27,28). The zero-order chi connectivity index (χ0) is 21.4. The summed E-state index contributed by atoms with van der Waals surface area (Å²) in [7, 11) is 2.15. The molecule has 1 N–H and O–H groups in total. The highest BCUT2D eigenvalue weighted by Gasteiger charge is 2.20. The summed E-state index contributed by atoms with van der Waals surface area (Å²) in [6, 6.07) is 16.5. The maximum Gasteiger partial charge on any atom is 0.153 e. The van der Waals surface area contributed by atoms with E-state index >= 15 is 0 Å². The van der Waals surface area contributed by atoms with E-state index in [1.165, 1.54) is 0 Å². The molecule has 0 saturated carbocycles. The molecule has 4 aromatic rings. The first-order chi connectivity index (χ1) is 15.1. The van der Waals surface area contributed by atoms with Gasteiger partial charge in [-0.1, -0.05) is 48.0 Å². The van der Waals surface area contributed by atoms with Gasteiger partial charge in [-0.05, 0) is 37.2 Å². The van der Waals surface area contributed by atoms with Crippen LogP contribution >= 0.6 is 11.6 Å². The van der Waals surface area contributed by atoms with Crippen LogP contribution in [-0.2, 0) is 0 Å². The zero-order valence-electron chi connectivity index (χ0n) is 17.7. The van der Waals surface area contributed by atoms with Crippen LogP contribution in [0.25, 0.3) is 27.8 Å². The lowest BCUT2D eigenvalue weighted by molar-refractivity contribution is 0.178. The summed E-state index contributed by atoms with van der Waals surface area (Å²) in [5, 5.41) is 3.98. The molecule has 1 aliphatic heterocycles.